The Morgan fingerprint density at radius 1 is 0.905 bits per heavy atom. The second-order valence-corrected chi connectivity index (χ2v) is 4.79. The van der Waals surface area contributed by atoms with E-state index in [2.05, 4.69) is 5.32 Å². The molecule has 2 aromatic carbocycles. The van der Waals surface area contributed by atoms with E-state index in [4.69, 9.17) is 25.8 Å². The van der Waals surface area contributed by atoms with Gasteiger partial charge in [-0.3, -0.25) is 0 Å². The van der Waals surface area contributed by atoms with Crippen molar-refractivity contribution in [2.24, 2.45) is 0 Å². The molecule has 0 aromatic heterocycles. The van der Waals surface area contributed by atoms with E-state index in [0.717, 1.165) is 22.7 Å². The molecule has 0 aliphatic carbocycles. The van der Waals surface area contributed by atoms with Gasteiger partial charge in [0.2, 0.25) is 0 Å². The van der Waals surface area contributed by atoms with Crippen LogP contribution in [0.5, 0.6) is 17.2 Å². The number of halogens is 1. The summed E-state index contributed by atoms with van der Waals surface area (Å²) in [5, 5.41) is 3.87. The van der Waals surface area contributed by atoms with Gasteiger partial charge in [0.25, 0.3) is 0 Å². The third kappa shape index (κ3) is 3.73. The molecule has 4 nitrogen and oxygen atoms in total. The van der Waals surface area contributed by atoms with E-state index in [9.17, 15) is 0 Å². The lowest BCUT2D eigenvalue weighted by Crippen LogP contribution is -2.02. The van der Waals surface area contributed by atoms with Crippen molar-refractivity contribution in [3.63, 3.8) is 0 Å². The smallest absolute Gasteiger partial charge is 0.137 e. The van der Waals surface area contributed by atoms with Gasteiger partial charge in [0.15, 0.2) is 0 Å². The van der Waals surface area contributed by atoms with Gasteiger partial charge >= 0.3 is 0 Å². The molecule has 21 heavy (non-hydrogen) atoms. The first-order valence-corrected chi connectivity index (χ1v) is 6.84. The second-order valence-electron chi connectivity index (χ2n) is 4.38. The van der Waals surface area contributed by atoms with Crippen LogP contribution in [0.1, 0.15) is 5.56 Å². The summed E-state index contributed by atoms with van der Waals surface area (Å²) < 4.78 is 15.7. The number of ether oxygens (including phenoxy) is 3. The highest BCUT2D eigenvalue weighted by Gasteiger charge is 2.06. The Morgan fingerprint density at radius 3 is 2.24 bits per heavy atom. The lowest BCUT2D eigenvalue weighted by Gasteiger charge is -2.13. The van der Waals surface area contributed by atoms with E-state index in [1.165, 1.54) is 0 Å². The predicted octanol–water partition coefficient (Wildman–Crippen LogP) is 3.98. The van der Waals surface area contributed by atoms with Gasteiger partial charge in [-0.25, -0.2) is 0 Å². The molecule has 0 bridgehead atoms. The van der Waals surface area contributed by atoms with Gasteiger partial charge < -0.3 is 19.5 Å². The zero-order valence-corrected chi connectivity index (χ0v) is 13.0. The van der Waals surface area contributed by atoms with Crippen molar-refractivity contribution in [1.29, 1.82) is 0 Å². The molecule has 0 aliphatic heterocycles. The first kappa shape index (κ1) is 15.3. The first-order chi connectivity index (χ1) is 10.2. The average Bonchev–Trinajstić information content (AvgIpc) is 2.52. The third-order valence-corrected chi connectivity index (χ3v) is 3.42. The van der Waals surface area contributed by atoms with Crippen LogP contribution in [0.4, 0.5) is 5.69 Å². The average molecular weight is 308 g/mol. The Kier molecular flexibility index (Phi) is 5.17. The van der Waals surface area contributed by atoms with Crippen molar-refractivity contribution in [3.05, 3.63) is 47.0 Å². The van der Waals surface area contributed by atoms with Crippen LogP contribution in [-0.2, 0) is 6.54 Å². The Bertz CT molecular complexity index is 616. The van der Waals surface area contributed by atoms with Crippen molar-refractivity contribution >= 4 is 17.3 Å². The maximum Gasteiger partial charge on any atom is 0.137 e. The summed E-state index contributed by atoms with van der Waals surface area (Å²) in [5.74, 6) is 2.25. The van der Waals surface area contributed by atoms with Gasteiger partial charge in [-0.15, -0.1) is 0 Å². The third-order valence-electron chi connectivity index (χ3n) is 3.12. The summed E-state index contributed by atoms with van der Waals surface area (Å²) in [6.45, 7) is 0.600. The standard InChI is InChI=1S/C16H18ClNO3/c1-19-13-5-7-15(20-2)11(8-13)10-18-12-4-6-16(21-3)14(17)9-12/h4-9,18H,10H2,1-3H3. The van der Waals surface area contributed by atoms with Crippen LogP contribution in [0.15, 0.2) is 36.4 Å². The van der Waals surface area contributed by atoms with E-state index in [1.807, 2.05) is 36.4 Å². The Labute approximate surface area is 129 Å². The van der Waals surface area contributed by atoms with E-state index in [0.29, 0.717) is 17.3 Å². The minimum absolute atomic E-state index is 0.570. The highest BCUT2D eigenvalue weighted by Crippen LogP contribution is 2.29. The van der Waals surface area contributed by atoms with Crippen molar-refractivity contribution in [2.45, 2.75) is 6.54 Å². The largest absolute Gasteiger partial charge is 0.497 e. The Morgan fingerprint density at radius 2 is 1.62 bits per heavy atom. The van der Waals surface area contributed by atoms with Crippen molar-refractivity contribution < 1.29 is 14.2 Å². The summed E-state index contributed by atoms with van der Waals surface area (Å²) in [4.78, 5) is 0. The molecular formula is C16H18ClNO3. The molecule has 5 heteroatoms. The molecule has 0 aliphatic rings. The monoisotopic (exact) mass is 307 g/mol. The van der Waals surface area contributed by atoms with Crippen LogP contribution >= 0.6 is 11.6 Å². The summed E-state index contributed by atoms with van der Waals surface area (Å²) in [6.07, 6.45) is 0. The highest BCUT2D eigenvalue weighted by atomic mass is 35.5. The molecule has 1 N–H and O–H groups in total. The minimum atomic E-state index is 0.570. The normalized spacial score (nSPS) is 10.1. The zero-order chi connectivity index (χ0) is 15.2. The van der Waals surface area contributed by atoms with Crippen LogP contribution in [0, 0.1) is 0 Å². The number of rotatable bonds is 6. The molecule has 2 rings (SSSR count). The molecule has 2 aromatic rings. The number of hydrogen-bond donors (Lipinski definition) is 1. The lowest BCUT2D eigenvalue weighted by molar-refractivity contribution is 0.399. The van der Waals surface area contributed by atoms with Gasteiger partial charge in [0.1, 0.15) is 17.2 Å². The van der Waals surface area contributed by atoms with E-state index in [-0.39, 0.29) is 0 Å². The molecule has 0 amide bonds. The van der Waals surface area contributed by atoms with Crippen LogP contribution in [0.3, 0.4) is 0 Å². The number of nitrogens with one attached hydrogen (secondary N) is 1. The Balaban J connectivity index is 2.13. The van der Waals surface area contributed by atoms with E-state index >= 15 is 0 Å². The van der Waals surface area contributed by atoms with Gasteiger partial charge in [0, 0.05) is 17.8 Å². The van der Waals surface area contributed by atoms with E-state index in [1.54, 1.807) is 21.3 Å². The van der Waals surface area contributed by atoms with Crippen molar-refractivity contribution in [2.75, 3.05) is 26.6 Å². The molecule has 0 saturated heterocycles. The van der Waals surface area contributed by atoms with Crippen LogP contribution in [-0.4, -0.2) is 21.3 Å². The molecule has 112 valence electrons. The molecule has 0 unspecified atom stereocenters. The highest BCUT2D eigenvalue weighted by molar-refractivity contribution is 6.32. The molecule has 0 radical (unpaired) electrons. The fraction of sp³-hybridized carbons (Fsp3) is 0.250. The predicted molar refractivity (Wildman–Crippen MR) is 84.9 cm³/mol. The fourth-order valence-corrected chi connectivity index (χ4v) is 2.25. The van der Waals surface area contributed by atoms with Crippen molar-refractivity contribution in [1.82, 2.24) is 0 Å². The van der Waals surface area contributed by atoms with Crippen LogP contribution in [0.2, 0.25) is 5.02 Å². The fourth-order valence-electron chi connectivity index (χ4n) is 1.99. The summed E-state index contributed by atoms with van der Waals surface area (Å²) >= 11 is 6.11. The number of methoxy groups -OCH3 is 3. The van der Waals surface area contributed by atoms with Gasteiger partial charge in [-0.05, 0) is 36.4 Å². The maximum atomic E-state index is 6.11. The van der Waals surface area contributed by atoms with Gasteiger partial charge in [-0.1, -0.05) is 11.6 Å². The number of anilines is 1. The Hall–Kier alpha value is -2.07. The maximum absolute atomic E-state index is 6.11. The van der Waals surface area contributed by atoms with E-state index < -0.39 is 0 Å². The molecule has 0 fully saturated rings. The molecular weight excluding hydrogens is 290 g/mol. The molecule has 0 spiro atoms. The SMILES string of the molecule is COc1ccc(OC)c(CNc2ccc(OC)c(Cl)c2)c1. The van der Waals surface area contributed by atoms with Gasteiger partial charge in [-0.2, -0.15) is 0 Å². The minimum Gasteiger partial charge on any atom is -0.497 e. The van der Waals surface area contributed by atoms with Crippen molar-refractivity contribution in [3.8, 4) is 17.2 Å². The quantitative estimate of drug-likeness (QED) is 0.876. The molecule has 0 atom stereocenters. The summed E-state index contributed by atoms with van der Waals surface area (Å²) in [7, 11) is 4.88. The first-order valence-electron chi connectivity index (χ1n) is 6.46. The lowest BCUT2D eigenvalue weighted by atomic mass is 10.2. The number of hydrogen-bond acceptors (Lipinski definition) is 4. The van der Waals surface area contributed by atoms with Gasteiger partial charge in [0.05, 0.1) is 26.4 Å². The second kappa shape index (κ2) is 7.09. The van der Waals surface area contributed by atoms with Crippen LogP contribution < -0.4 is 19.5 Å². The topological polar surface area (TPSA) is 39.7 Å². The zero-order valence-electron chi connectivity index (χ0n) is 12.3. The summed E-state index contributed by atoms with van der Waals surface area (Å²) in [6, 6.07) is 11.3. The molecule has 0 heterocycles. The van der Waals surface area contributed by atoms with Crippen LogP contribution in [0.25, 0.3) is 0 Å². The summed E-state index contributed by atoms with van der Waals surface area (Å²) in [5.41, 5.74) is 1.91. The number of benzene rings is 2. The molecule has 0 saturated carbocycles.